The van der Waals surface area contributed by atoms with Crippen LogP contribution < -0.4 is 0 Å². The number of methoxy groups -OCH3 is 1. The molecule has 1 unspecified atom stereocenters. The average molecular weight is 362 g/mol. The maximum Gasteiger partial charge on any atom is 0.310 e. The Morgan fingerprint density at radius 3 is 2.62 bits per heavy atom. The van der Waals surface area contributed by atoms with E-state index in [0.29, 0.717) is 18.7 Å². The summed E-state index contributed by atoms with van der Waals surface area (Å²) in [4.78, 5) is 29.0. The first-order valence-electron chi connectivity index (χ1n) is 9.25. The van der Waals surface area contributed by atoms with Gasteiger partial charge in [0, 0.05) is 38.3 Å². The molecule has 1 aliphatic rings. The maximum atomic E-state index is 13.0. The molecule has 0 N–H and O–H groups in total. The van der Waals surface area contributed by atoms with Crippen molar-refractivity contribution in [3.05, 3.63) is 35.4 Å². The van der Waals surface area contributed by atoms with Crippen molar-refractivity contribution in [1.29, 1.82) is 0 Å². The minimum absolute atomic E-state index is 0.0270. The van der Waals surface area contributed by atoms with Gasteiger partial charge < -0.3 is 14.4 Å². The number of nitrogens with zero attached hydrogens (tertiary/aromatic N) is 2. The highest BCUT2D eigenvalue weighted by Crippen LogP contribution is 2.14. The maximum absolute atomic E-state index is 13.0. The van der Waals surface area contributed by atoms with Gasteiger partial charge in [-0.2, -0.15) is 0 Å². The highest BCUT2D eigenvalue weighted by Gasteiger charge is 2.23. The summed E-state index contributed by atoms with van der Waals surface area (Å²) in [6, 6.07) is 7.57. The zero-order valence-corrected chi connectivity index (χ0v) is 16.1. The third-order valence-corrected chi connectivity index (χ3v) is 4.77. The lowest BCUT2D eigenvalue weighted by Crippen LogP contribution is -2.41. The number of hydrogen-bond donors (Lipinski definition) is 0. The second-order valence-corrected chi connectivity index (χ2v) is 6.80. The van der Waals surface area contributed by atoms with Crippen molar-refractivity contribution in [3.63, 3.8) is 0 Å². The number of carbonyl (C=O) groups is 2. The molecular formula is C20H30N2O4. The van der Waals surface area contributed by atoms with Crippen molar-refractivity contribution >= 4 is 11.9 Å². The zero-order chi connectivity index (χ0) is 18.9. The SMILES string of the molecule is COC(=O)C(C)CN(CCCN1CCOCC1)C(=O)c1ccccc1C. The lowest BCUT2D eigenvalue weighted by Gasteiger charge is -2.29. The normalized spacial score (nSPS) is 16.1. The molecule has 0 aromatic heterocycles. The monoisotopic (exact) mass is 362 g/mol. The number of esters is 1. The molecule has 1 fully saturated rings. The molecular weight excluding hydrogens is 332 g/mol. The molecule has 144 valence electrons. The Kier molecular flexibility index (Phi) is 8.06. The van der Waals surface area contributed by atoms with E-state index in [1.807, 2.05) is 31.2 Å². The van der Waals surface area contributed by atoms with E-state index in [9.17, 15) is 9.59 Å². The second kappa shape index (κ2) is 10.3. The van der Waals surface area contributed by atoms with Crippen LogP contribution in [0.25, 0.3) is 0 Å². The van der Waals surface area contributed by atoms with Crippen molar-refractivity contribution in [1.82, 2.24) is 9.80 Å². The van der Waals surface area contributed by atoms with Gasteiger partial charge in [-0.3, -0.25) is 14.5 Å². The number of hydrogen-bond acceptors (Lipinski definition) is 5. The molecule has 1 saturated heterocycles. The van der Waals surface area contributed by atoms with Crippen LogP contribution in [0.5, 0.6) is 0 Å². The summed E-state index contributed by atoms with van der Waals surface area (Å²) >= 11 is 0. The molecule has 1 amide bonds. The van der Waals surface area contributed by atoms with Crippen LogP contribution in [0.15, 0.2) is 24.3 Å². The molecule has 1 heterocycles. The van der Waals surface area contributed by atoms with Crippen LogP contribution in [0, 0.1) is 12.8 Å². The molecule has 1 aromatic rings. The molecule has 0 saturated carbocycles. The van der Waals surface area contributed by atoms with E-state index in [2.05, 4.69) is 4.90 Å². The zero-order valence-electron chi connectivity index (χ0n) is 16.1. The first-order valence-corrected chi connectivity index (χ1v) is 9.25. The fraction of sp³-hybridized carbons (Fsp3) is 0.600. The summed E-state index contributed by atoms with van der Waals surface area (Å²) in [7, 11) is 1.38. The molecule has 0 spiro atoms. The smallest absolute Gasteiger partial charge is 0.310 e. The standard InChI is InChI=1S/C20H30N2O4/c1-16-7-4-5-8-18(16)19(23)22(15-17(2)20(24)25-3)10-6-9-21-11-13-26-14-12-21/h4-5,7-8,17H,6,9-15H2,1-3H3. The number of ether oxygens (including phenoxy) is 2. The summed E-state index contributed by atoms with van der Waals surface area (Å²) < 4.78 is 10.2. The quantitative estimate of drug-likeness (QED) is 0.662. The third kappa shape index (κ3) is 5.81. The van der Waals surface area contributed by atoms with Gasteiger partial charge in [-0.15, -0.1) is 0 Å². The lowest BCUT2D eigenvalue weighted by molar-refractivity contribution is -0.145. The molecule has 2 rings (SSSR count). The number of amides is 1. The van der Waals surface area contributed by atoms with E-state index in [-0.39, 0.29) is 17.8 Å². The number of carbonyl (C=O) groups excluding carboxylic acids is 2. The van der Waals surface area contributed by atoms with Gasteiger partial charge in [-0.05, 0) is 25.0 Å². The fourth-order valence-electron chi connectivity index (χ4n) is 3.18. The highest BCUT2D eigenvalue weighted by molar-refractivity contribution is 5.95. The van der Waals surface area contributed by atoms with Crippen LogP contribution in [-0.2, 0) is 14.3 Å². The van der Waals surface area contributed by atoms with Gasteiger partial charge >= 0.3 is 5.97 Å². The van der Waals surface area contributed by atoms with E-state index in [0.717, 1.165) is 44.8 Å². The molecule has 1 atom stereocenters. The molecule has 0 bridgehead atoms. The van der Waals surface area contributed by atoms with Gasteiger partial charge in [0.1, 0.15) is 0 Å². The van der Waals surface area contributed by atoms with Crippen molar-refractivity contribution in [2.75, 3.05) is 53.0 Å². The first kappa shape index (κ1) is 20.4. The van der Waals surface area contributed by atoms with Crippen LogP contribution in [-0.4, -0.2) is 74.7 Å². The first-order chi connectivity index (χ1) is 12.5. The number of morpholine rings is 1. The largest absolute Gasteiger partial charge is 0.469 e. The Bertz CT molecular complexity index is 599. The van der Waals surface area contributed by atoms with Crippen LogP contribution in [0.1, 0.15) is 29.3 Å². The van der Waals surface area contributed by atoms with E-state index in [1.54, 1.807) is 11.8 Å². The van der Waals surface area contributed by atoms with E-state index in [1.165, 1.54) is 7.11 Å². The van der Waals surface area contributed by atoms with Gasteiger partial charge in [0.05, 0.1) is 26.2 Å². The topological polar surface area (TPSA) is 59.1 Å². The van der Waals surface area contributed by atoms with Gasteiger partial charge in [-0.1, -0.05) is 25.1 Å². The Labute approximate surface area is 156 Å². The van der Waals surface area contributed by atoms with Gasteiger partial charge in [-0.25, -0.2) is 0 Å². The molecule has 1 aliphatic heterocycles. The van der Waals surface area contributed by atoms with Crippen LogP contribution in [0.4, 0.5) is 0 Å². The summed E-state index contributed by atoms with van der Waals surface area (Å²) in [5.41, 5.74) is 1.64. The minimum atomic E-state index is -0.351. The number of aryl methyl sites for hydroxylation is 1. The Morgan fingerprint density at radius 2 is 1.96 bits per heavy atom. The molecule has 6 nitrogen and oxygen atoms in total. The van der Waals surface area contributed by atoms with Crippen LogP contribution in [0.3, 0.4) is 0 Å². The molecule has 0 aliphatic carbocycles. The van der Waals surface area contributed by atoms with Crippen molar-refractivity contribution in [2.45, 2.75) is 20.3 Å². The lowest BCUT2D eigenvalue weighted by atomic mass is 10.1. The van der Waals surface area contributed by atoms with Crippen molar-refractivity contribution in [2.24, 2.45) is 5.92 Å². The summed E-state index contributed by atoms with van der Waals surface area (Å²) in [5, 5.41) is 0. The van der Waals surface area contributed by atoms with Crippen LogP contribution in [0.2, 0.25) is 0 Å². The number of benzene rings is 1. The van der Waals surface area contributed by atoms with Gasteiger partial charge in [0.25, 0.3) is 5.91 Å². The molecule has 26 heavy (non-hydrogen) atoms. The van der Waals surface area contributed by atoms with Crippen LogP contribution >= 0.6 is 0 Å². The average Bonchev–Trinajstić information content (AvgIpc) is 2.67. The highest BCUT2D eigenvalue weighted by atomic mass is 16.5. The van der Waals surface area contributed by atoms with Gasteiger partial charge in [0.15, 0.2) is 0 Å². The molecule has 6 heteroatoms. The summed E-state index contributed by atoms with van der Waals surface area (Å²) in [5.74, 6) is -0.669. The Balaban J connectivity index is 2.01. The molecule has 0 radical (unpaired) electrons. The minimum Gasteiger partial charge on any atom is -0.469 e. The predicted molar refractivity (Wildman–Crippen MR) is 100 cm³/mol. The third-order valence-electron chi connectivity index (χ3n) is 4.77. The van der Waals surface area contributed by atoms with Crippen molar-refractivity contribution < 1.29 is 19.1 Å². The molecule has 1 aromatic carbocycles. The Morgan fingerprint density at radius 1 is 1.27 bits per heavy atom. The van der Waals surface area contributed by atoms with Crippen molar-refractivity contribution in [3.8, 4) is 0 Å². The van der Waals surface area contributed by atoms with E-state index >= 15 is 0 Å². The fourth-order valence-corrected chi connectivity index (χ4v) is 3.18. The predicted octanol–water partition coefficient (Wildman–Crippen LogP) is 1.97. The van der Waals surface area contributed by atoms with E-state index in [4.69, 9.17) is 9.47 Å². The Hall–Kier alpha value is -1.92. The summed E-state index contributed by atoms with van der Waals surface area (Å²) in [6.07, 6.45) is 0.867. The number of rotatable bonds is 8. The second-order valence-electron chi connectivity index (χ2n) is 6.80. The van der Waals surface area contributed by atoms with E-state index < -0.39 is 0 Å². The van der Waals surface area contributed by atoms with Gasteiger partial charge in [0.2, 0.25) is 0 Å². The summed E-state index contributed by atoms with van der Waals surface area (Å²) in [6.45, 7) is 9.04.